The van der Waals surface area contributed by atoms with E-state index in [0.29, 0.717) is 6.54 Å². The van der Waals surface area contributed by atoms with Gasteiger partial charge in [0.25, 0.3) is 0 Å². The van der Waals surface area contributed by atoms with Crippen molar-refractivity contribution in [2.75, 3.05) is 20.7 Å². The smallest absolute Gasteiger partial charge is 0.191 e. The fraction of sp³-hybridized carbons (Fsp3) is 0.350. The van der Waals surface area contributed by atoms with E-state index in [1.165, 1.54) is 5.56 Å². The van der Waals surface area contributed by atoms with Crippen molar-refractivity contribution in [3.05, 3.63) is 60.0 Å². The summed E-state index contributed by atoms with van der Waals surface area (Å²) in [6, 6.07) is 14.0. The van der Waals surface area contributed by atoms with Crippen LogP contribution in [0.5, 0.6) is 5.75 Å². The highest BCUT2D eigenvalue weighted by Crippen LogP contribution is 2.25. The molecule has 0 atom stereocenters. The SMILES string of the molecule is CN=C(NCc1nnc2ccccn12)NCC(C)(C)c1cccc(OC)c1.I. The number of nitrogens with zero attached hydrogens (tertiary/aromatic N) is 4. The molecular formula is C20H27IN6O. The second kappa shape index (κ2) is 9.72. The van der Waals surface area contributed by atoms with Crippen LogP contribution in [-0.4, -0.2) is 41.3 Å². The maximum Gasteiger partial charge on any atom is 0.191 e. The Bertz CT molecular complexity index is 937. The van der Waals surface area contributed by atoms with Gasteiger partial charge in [-0.05, 0) is 29.8 Å². The Morgan fingerprint density at radius 3 is 2.71 bits per heavy atom. The first-order valence-corrected chi connectivity index (χ1v) is 8.91. The van der Waals surface area contributed by atoms with Crippen LogP contribution in [0.4, 0.5) is 0 Å². The lowest BCUT2D eigenvalue weighted by Crippen LogP contribution is -2.43. The Hall–Kier alpha value is -2.36. The molecule has 0 bridgehead atoms. The highest BCUT2D eigenvalue weighted by Gasteiger charge is 2.21. The van der Waals surface area contributed by atoms with Crippen molar-refractivity contribution >= 4 is 35.6 Å². The first kappa shape index (κ1) is 21.9. The quantitative estimate of drug-likeness (QED) is 0.313. The summed E-state index contributed by atoms with van der Waals surface area (Å²) in [5.74, 6) is 2.42. The number of pyridine rings is 1. The van der Waals surface area contributed by atoms with Crippen molar-refractivity contribution in [1.82, 2.24) is 25.2 Å². The zero-order valence-electron chi connectivity index (χ0n) is 16.6. The highest BCUT2D eigenvalue weighted by molar-refractivity contribution is 14.0. The third kappa shape index (κ3) is 5.12. The summed E-state index contributed by atoms with van der Waals surface area (Å²) in [6.45, 7) is 5.63. The molecule has 0 saturated carbocycles. The minimum Gasteiger partial charge on any atom is -0.497 e. The monoisotopic (exact) mass is 494 g/mol. The van der Waals surface area contributed by atoms with Gasteiger partial charge in [-0.25, -0.2) is 0 Å². The Morgan fingerprint density at radius 1 is 1.14 bits per heavy atom. The lowest BCUT2D eigenvalue weighted by Gasteiger charge is -2.27. The van der Waals surface area contributed by atoms with E-state index in [-0.39, 0.29) is 29.4 Å². The Morgan fingerprint density at radius 2 is 1.96 bits per heavy atom. The third-order valence-corrected chi connectivity index (χ3v) is 4.57. The summed E-state index contributed by atoms with van der Waals surface area (Å²) in [7, 11) is 3.44. The number of ether oxygens (including phenoxy) is 1. The van der Waals surface area contributed by atoms with Crippen molar-refractivity contribution in [1.29, 1.82) is 0 Å². The van der Waals surface area contributed by atoms with Crippen molar-refractivity contribution in [2.45, 2.75) is 25.8 Å². The van der Waals surface area contributed by atoms with Crippen LogP contribution in [0.2, 0.25) is 0 Å². The number of benzene rings is 1. The van der Waals surface area contributed by atoms with E-state index in [1.54, 1.807) is 14.2 Å². The molecule has 2 heterocycles. The van der Waals surface area contributed by atoms with Gasteiger partial charge < -0.3 is 15.4 Å². The van der Waals surface area contributed by atoms with Crippen LogP contribution in [0.3, 0.4) is 0 Å². The molecule has 3 rings (SSSR count). The van der Waals surface area contributed by atoms with Crippen LogP contribution in [0.25, 0.3) is 5.65 Å². The van der Waals surface area contributed by atoms with Gasteiger partial charge in [0.2, 0.25) is 0 Å². The lowest BCUT2D eigenvalue weighted by molar-refractivity contribution is 0.411. The number of aromatic nitrogens is 3. The number of rotatable bonds is 6. The number of methoxy groups -OCH3 is 1. The molecule has 3 aromatic rings. The minimum absolute atomic E-state index is 0. The predicted molar refractivity (Wildman–Crippen MR) is 123 cm³/mol. The number of guanidine groups is 1. The molecule has 2 N–H and O–H groups in total. The molecule has 0 unspecified atom stereocenters. The predicted octanol–water partition coefficient (Wildman–Crippen LogP) is 3.00. The molecule has 8 heteroatoms. The fourth-order valence-corrected chi connectivity index (χ4v) is 2.85. The summed E-state index contributed by atoms with van der Waals surface area (Å²) in [5, 5.41) is 15.1. The van der Waals surface area contributed by atoms with Crippen LogP contribution in [0.15, 0.2) is 53.7 Å². The standard InChI is InChI=1S/C20H26N6O.HI/c1-20(2,15-8-7-9-16(12-15)27-4)14-23-19(21-3)22-13-18-25-24-17-10-5-6-11-26(17)18;/h5-12H,13-14H2,1-4H3,(H2,21,22,23);1H. The lowest BCUT2D eigenvalue weighted by atomic mass is 9.84. The number of hydrogen-bond acceptors (Lipinski definition) is 4. The van der Waals surface area contributed by atoms with E-state index in [1.807, 2.05) is 40.9 Å². The van der Waals surface area contributed by atoms with Crippen molar-refractivity contribution in [3.8, 4) is 5.75 Å². The minimum atomic E-state index is -0.0896. The molecule has 1 aromatic carbocycles. The van der Waals surface area contributed by atoms with Crippen molar-refractivity contribution in [3.63, 3.8) is 0 Å². The van der Waals surface area contributed by atoms with Gasteiger partial charge in [0.05, 0.1) is 13.7 Å². The molecule has 28 heavy (non-hydrogen) atoms. The van der Waals surface area contributed by atoms with Crippen LogP contribution in [-0.2, 0) is 12.0 Å². The van der Waals surface area contributed by atoms with Gasteiger partial charge in [0.15, 0.2) is 17.4 Å². The van der Waals surface area contributed by atoms with Crippen LogP contribution < -0.4 is 15.4 Å². The number of aliphatic imine (C=N–C) groups is 1. The fourth-order valence-electron chi connectivity index (χ4n) is 2.85. The van der Waals surface area contributed by atoms with Gasteiger partial charge >= 0.3 is 0 Å². The maximum atomic E-state index is 5.34. The van der Waals surface area contributed by atoms with E-state index in [0.717, 1.165) is 29.7 Å². The number of fused-ring (bicyclic) bond motifs is 1. The molecular weight excluding hydrogens is 467 g/mol. The summed E-state index contributed by atoms with van der Waals surface area (Å²) < 4.78 is 7.30. The van der Waals surface area contributed by atoms with E-state index in [9.17, 15) is 0 Å². The molecule has 0 aliphatic carbocycles. The van der Waals surface area contributed by atoms with Gasteiger partial charge in [-0.2, -0.15) is 0 Å². The molecule has 2 aromatic heterocycles. The van der Waals surface area contributed by atoms with Gasteiger partial charge in [0.1, 0.15) is 5.75 Å². The summed E-state index contributed by atoms with van der Waals surface area (Å²) >= 11 is 0. The number of nitrogens with one attached hydrogen (secondary N) is 2. The van der Waals surface area contributed by atoms with E-state index < -0.39 is 0 Å². The largest absolute Gasteiger partial charge is 0.497 e. The average Bonchev–Trinajstić information content (AvgIpc) is 3.11. The van der Waals surface area contributed by atoms with Crippen LogP contribution in [0.1, 0.15) is 25.2 Å². The topological polar surface area (TPSA) is 75.8 Å². The molecule has 7 nitrogen and oxygen atoms in total. The molecule has 0 aliphatic rings. The second-order valence-corrected chi connectivity index (χ2v) is 6.94. The maximum absolute atomic E-state index is 5.34. The Balaban J connectivity index is 0.00000280. The van der Waals surface area contributed by atoms with E-state index in [2.05, 4.69) is 51.8 Å². The van der Waals surface area contributed by atoms with E-state index in [4.69, 9.17) is 4.74 Å². The van der Waals surface area contributed by atoms with Crippen molar-refractivity contribution in [2.24, 2.45) is 4.99 Å². The summed E-state index contributed by atoms with van der Waals surface area (Å²) in [6.07, 6.45) is 1.95. The van der Waals surface area contributed by atoms with Crippen LogP contribution >= 0.6 is 24.0 Å². The Kier molecular flexibility index (Phi) is 7.61. The number of halogens is 1. The van der Waals surface area contributed by atoms with Crippen molar-refractivity contribution < 1.29 is 4.74 Å². The molecule has 0 fully saturated rings. The molecule has 0 saturated heterocycles. The molecule has 150 valence electrons. The summed E-state index contributed by atoms with van der Waals surface area (Å²) in [5.41, 5.74) is 1.94. The Labute approximate surface area is 182 Å². The highest BCUT2D eigenvalue weighted by atomic mass is 127. The zero-order valence-corrected chi connectivity index (χ0v) is 19.0. The number of hydrogen-bond donors (Lipinski definition) is 2. The third-order valence-electron chi connectivity index (χ3n) is 4.57. The molecule has 0 aliphatic heterocycles. The van der Waals surface area contributed by atoms with Crippen LogP contribution in [0, 0.1) is 0 Å². The first-order valence-electron chi connectivity index (χ1n) is 8.91. The molecule has 0 radical (unpaired) electrons. The first-order chi connectivity index (χ1) is 13.0. The second-order valence-electron chi connectivity index (χ2n) is 6.94. The van der Waals surface area contributed by atoms with Gasteiger partial charge in [-0.1, -0.05) is 32.0 Å². The molecule has 0 spiro atoms. The van der Waals surface area contributed by atoms with E-state index >= 15 is 0 Å². The average molecular weight is 494 g/mol. The van der Waals surface area contributed by atoms with Gasteiger partial charge in [-0.3, -0.25) is 9.39 Å². The summed E-state index contributed by atoms with van der Waals surface area (Å²) in [4.78, 5) is 4.31. The normalized spacial score (nSPS) is 11.8. The van der Waals surface area contributed by atoms with Gasteiger partial charge in [0, 0.05) is 25.2 Å². The zero-order chi connectivity index (χ0) is 19.3. The molecule has 0 amide bonds. The van der Waals surface area contributed by atoms with Gasteiger partial charge in [-0.15, -0.1) is 34.2 Å².